The van der Waals surface area contributed by atoms with Crippen molar-refractivity contribution in [3.05, 3.63) is 58.7 Å². The zero-order chi connectivity index (χ0) is 39.3. The van der Waals surface area contributed by atoms with Crippen molar-refractivity contribution in [3.8, 4) is 11.5 Å². The second-order valence-corrected chi connectivity index (χ2v) is 17.6. The number of unbranched alkanes of at least 4 members (excludes halogenated alkanes) is 34. The Morgan fingerprint density at radius 2 is 0.518 bits per heavy atom. The first kappa shape index (κ1) is 53.3. The molecule has 0 amide bonds. The second-order valence-electron chi connectivity index (χ2n) is 17.6. The molecule has 0 aliphatic heterocycles. The fourth-order valence-corrected chi connectivity index (χ4v) is 8.47. The van der Waals surface area contributed by atoms with Gasteiger partial charge in [-0.1, -0.05) is 280 Å². The zero-order valence-corrected chi connectivity index (χ0v) is 39.8. The maximum absolute atomic E-state index is 12.9. The predicted molar refractivity (Wildman–Crippen MR) is 245 cm³/mol. The van der Waals surface area contributed by atoms with Crippen LogP contribution in [-0.2, 0) is 19.3 Å². The molecular weight excluding hydrogens is 709 g/mol. The monoisotopic (exact) mass is 799 g/mol. The molecule has 0 radical (unpaired) electrons. The summed E-state index contributed by atoms with van der Waals surface area (Å²) in [4.78, 5) is 0. The summed E-state index contributed by atoms with van der Waals surface area (Å²) in [5.41, 5.74) is 3.78. The molecule has 0 N–H and O–H groups in total. The van der Waals surface area contributed by atoms with Crippen molar-refractivity contribution in [1.82, 2.24) is 0 Å². The molecule has 2 aromatic rings. The Bertz CT molecular complexity index is 1040. The van der Waals surface area contributed by atoms with Crippen LogP contribution in [0.5, 0.6) is 11.5 Å². The third kappa shape index (κ3) is 30.4. The quantitative estimate of drug-likeness (QED) is 0.0498. The van der Waals surface area contributed by atoms with Crippen LogP contribution in [0.2, 0.25) is 0 Å². The van der Waals surface area contributed by atoms with Crippen molar-refractivity contribution in [2.24, 2.45) is 0 Å². The summed E-state index contributed by atoms with van der Waals surface area (Å²) in [6, 6.07) is 11.8. The Kier molecular flexibility index (Phi) is 37.8. The molecule has 0 aliphatic rings. The van der Waals surface area contributed by atoms with Crippen LogP contribution in [0.4, 0.5) is 0 Å². The van der Waals surface area contributed by atoms with Gasteiger partial charge in [0.1, 0.15) is 0 Å². The number of rotatable bonds is 40. The van der Waals surface area contributed by atoms with E-state index in [2.05, 4.69) is 26.0 Å². The first-order valence-electron chi connectivity index (χ1n) is 24.7. The standard InChI is InChI=1S/C53H92O2.Ca/c1-3-5-7-9-11-13-15-17-19-21-23-25-27-29-31-33-35-37-39-48-41-43-50(52(54)45-48)47-51-44-42-49(46-53(51)55)40-38-36-34-32-30-28-26-24-22-20-18-16-14-12-10-8-6-4-2;/h41-46,54-55H,3-40,47H2,1-2H3;/q;+2/p-2. The van der Waals surface area contributed by atoms with Gasteiger partial charge < -0.3 is 10.2 Å². The van der Waals surface area contributed by atoms with Gasteiger partial charge in [0.2, 0.25) is 0 Å². The van der Waals surface area contributed by atoms with E-state index >= 15 is 0 Å². The molecule has 0 saturated carbocycles. The van der Waals surface area contributed by atoms with Crippen LogP contribution in [0.15, 0.2) is 36.4 Å². The normalized spacial score (nSPS) is 11.3. The molecular formula is C53H90CaO2. The largest absolute Gasteiger partial charge is 2.00 e. The number of benzene rings is 2. The van der Waals surface area contributed by atoms with Crippen molar-refractivity contribution in [2.75, 3.05) is 0 Å². The molecule has 0 unspecified atom stereocenters. The van der Waals surface area contributed by atoms with Crippen LogP contribution < -0.4 is 10.2 Å². The molecule has 316 valence electrons. The third-order valence-corrected chi connectivity index (χ3v) is 12.3. The van der Waals surface area contributed by atoms with E-state index < -0.39 is 0 Å². The Hall–Kier alpha value is -0.700. The minimum atomic E-state index is 0. The van der Waals surface area contributed by atoms with E-state index in [1.54, 1.807) is 0 Å². The molecule has 0 aliphatic carbocycles. The molecule has 2 aromatic carbocycles. The molecule has 0 heterocycles. The van der Waals surface area contributed by atoms with Crippen LogP contribution in [0.1, 0.15) is 267 Å². The molecule has 0 spiro atoms. The first-order valence-corrected chi connectivity index (χ1v) is 24.7. The summed E-state index contributed by atoms with van der Waals surface area (Å²) >= 11 is 0. The Balaban J connectivity index is 0.0000157. The van der Waals surface area contributed by atoms with Gasteiger partial charge in [-0.3, -0.25) is 0 Å². The van der Waals surface area contributed by atoms with Crippen LogP contribution in [0.3, 0.4) is 0 Å². The van der Waals surface area contributed by atoms with E-state index in [1.807, 2.05) is 24.3 Å². The summed E-state index contributed by atoms with van der Waals surface area (Å²) < 4.78 is 0. The van der Waals surface area contributed by atoms with Gasteiger partial charge in [-0.2, -0.15) is 0 Å². The van der Waals surface area contributed by atoms with E-state index in [9.17, 15) is 10.2 Å². The third-order valence-electron chi connectivity index (χ3n) is 12.3. The van der Waals surface area contributed by atoms with Gasteiger partial charge in [-0.05, 0) is 43.2 Å². The molecule has 0 fully saturated rings. The Morgan fingerprint density at radius 1 is 0.304 bits per heavy atom. The zero-order valence-electron chi connectivity index (χ0n) is 37.6. The smallest absolute Gasteiger partial charge is 0.872 e. The summed E-state index contributed by atoms with van der Waals surface area (Å²) in [6.07, 6.45) is 52.3. The van der Waals surface area contributed by atoms with Gasteiger partial charge in [-0.15, -0.1) is 11.5 Å². The SMILES string of the molecule is CCCCCCCCCCCCCCCCCCCCc1ccc(Cc2ccc(CCCCCCCCCCCCCCCCCCCC)cc2[O-])c([O-])c1.[Ca+2]. The average molecular weight is 799 g/mol. The fraction of sp³-hybridized carbons (Fsp3) is 0.774. The van der Waals surface area contributed by atoms with Gasteiger partial charge in [0.25, 0.3) is 0 Å². The minimum absolute atomic E-state index is 0. The van der Waals surface area contributed by atoms with Crippen molar-refractivity contribution in [1.29, 1.82) is 0 Å². The van der Waals surface area contributed by atoms with Gasteiger partial charge in [0.05, 0.1) is 0 Å². The summed E-state index contributed by atoms with van der Waals surface area (Å²) in [5.74, 6) is 0.171. The molecule has 3 heteroatoms. The molecule has 2 nitrogen and oxygen atoms in total. The Morgan fingerprint density at radius 3 is 0.732 bits per heavy atom. The van der Waals surface area contributed by atoms with Crippen molar-refractivity contribution in [2.45, 2.75) is 264 Å². The molecule has 2 rings (SSSR count). The van der Waals surface area contributed by atoms with Gasteiger partial charge in [-0.25, -0.2) is 0 Å². The molecule has 0 saturated heterocycles. The van der Waals surface area contributed by atoms with Gasteiger partial charge in [0, 0.05) is 0 Å². The maximum Gasteiger partial charge on any atom is 2.00 e. The van der Waals surface area contributed by atoms with Crippen molar-refractivity contribution >= 4 is 37.7 Å². The maximum atomic E-state index is 12.9. The number of hydrogen-bond donors (Lipinski definition) is 0. The van der Waals surface area contributed by atoms with E-state index in [0.29, 0.717) is 6.42 Å². The van der Waals surface area contributed by atoms with Crippen LogP contribution in [0.25, 0.3) is 0 Å². The fourth-order valence-electron chi connectivity index (χ4n) is 8.47. The van der Waals surface area contributed by atoms with E-state index in [-0.39, 0.29) is 49.2 Å². The summed E-state index contributed by atoms with van der Waals surface area (Å²) in [7, 11) is 0. The topological polar surface area (TPSA) is 46.1 Å². The molecule has 0 atom stereocenters. The predicted octanol–water partition coefficient (Wildman–Crippen LogP) is 16.2. The van der Waals surface area contributed by atoms with Gasteiger partial charge >= 0.3 is 37.7 Å². The average Bonchev–Trinajstić information content (AvgIpc) is 3.18. The van der Waals surface area contributed by atoms with E-state index in [1.165, 1.54) is 218 Å². The number of aryl methyl sites for hydroxylation is 2. The van der Waals surface area contributed by atoms with Gasteiger partial charge in [0.15, 0.2) is 0 Å². The van der Waals surface area contributed by atoms with Crippen LogP contribution in [0, 0.1) is 0 Å². The minimum Gasteiger partial charge on any atom is -0.872 e. The number of hydrogen-bond acceptors (Lipinski definition) is 2. The second kappa shape index (κ2) is 39.7. The van der Waals surface area contributed by atoms with E-state index in [0.717, 1.165) is 47.9 Å². The summed E-state index contributed by atoms with van der Waals surface area (Å²) in [6.45, 7) is 4.59. The molecule has 0 aromatic heterocycles. The first-order chi connectivity index (χ1) is 27.1. The molecule has 56 heavy (non-hydrogen) atoms. The Labute approximate surface area is 379 Å². The van der Waals surface area contributed by atoms with E-state index in [4.69, 9.17) is 0 Å². The van der Waals surface area contributed by atoms with Crippen molar-refractivity contribution < 1.29 is 10.2 Å². The van der Waals surface area contributed by atoms with Crippen LogP contribution >= 0.6 is 0 Å². The summed E-state index contributed by atoms with van der Waals surface area (Å²) in [5, 5.41) is 25.8. The van der Waals surface area contributed by atoms with Crippen LogP contribution in [-0.4, -0.2) is 37.7 Å². The molecule has 0 bridgehead atoms. The van der Waals surface area contributed by atoms with Crippen molar-refractivity contribution in [3.63, 3.8) is 0 Å².